The molecule has 0 unspecified atom stereocenters. The molecule has 27 heavy (non-hydrogen) atoms. The fraction of sp³-hybridized carbons (Fsp3) is 0.300. The Kier molecular flexibility index (Phi) is 6.05. The Bertz CT molecular complexity index is 892. The van der Waals surface area contributed by atoms with Gasteiger partial charge in [0, 0.05) is 41.8 Å². The topological polar surface area (TPSA) is 100 Å². The first kappa shape index (κ1) is 18.9. The van der Waals surface area contributed by atoms with Crippen LogP contribution in [0.3, 0.4) is 0 Å². The van der Waals surface area contributed by atoms with Gasteiger partial charge in [-0.15, -0.1) is 0 Å². The summed E-state index contributed by atoms with van der Waals surface area (Å²) in [4.78, 5) is 13.4. The Balaban J connectivity index is 1.43. The summed E-state index contributed by atoms with van der Waals surface area (Å²) in [5, 5.41) is 25.3. The van der Waals surface area contributed by atoms with Gasteiger partial charge in [-0.2, -0.15) is 0 Å². The van der Waals surface area contributed by atoms with E-state index in [0.717, 1.165) is 11.9 Å². The summed E-state index contributed by atoms with van der Waals surface area (Å²) < 4.78 is 5.48. The van der Waals surface area contributed by atoms with Crippen molar-refractivity contribution in [2.75, 3.05) is 13.2 Å². The number of nitro benzene ring substituents is 1. The lowest BCUT2D eigenvalue weighted by Crippen LogP contribution is -2.37. The number of nitrogens with one attached hydrogen (secondary N) is 2. The van der Waals surface area contributed by atoms with E-state index in [1.165, 1.54) is 35.2 Å². The number of hydrogen-bond donors (Lipinski definition) is 3. The van der Waals surface area contributed by atoms with E-state index in [-0.39, 0.29) is 18.3 Å². The summed E-state index contributed by atoms with van der Waals surface area (Å²) in [6.45, 7) is 2.59. The third-order valence-corrected chi connectivity index (χ3v) is 4.39. The number of ether oxygens (including phenoxy) is 1. The number of aliphatic hydroxyl groups excluding tert-OH is 1. The van der Waals surface area contributed by atoms with Crippen LogP contribution in [0, 0.1) is 10.1 Å². The summed E-state index contributed by atoms with van der Waals surface area (Å²) in [7, 11) is 0. The lowest BCUT2D eigenvalue weighted by Gasteiger charge is -2.17. The normalized spacial score (nSPS) is 13.4. The third-order valence-electron chi connectivity index (χ3n) is 4.39. The van der Waals surface area contributed by atoms with Crippen molar-refractivity contribution in [1.29, 1.82) is 0 Å². The molecule has 3 aromatic rings. The van der Waals surface area contributed by atoms with Crippen molar-refractivity contribution < 1.29 is 14.8 Å². The van der Waals surface area contributed by atoms with E-state index < -0.39 is 11.0 Å². The van der Waals surface area contributed by atoms with Gasteiger partial charge in [0.25, 0.3) is 5.69 Å². The van der Waals surface area contributed by atoms with Gasteiger partial charge in [0.1, 0.15) is 18.5 Å². The number of para-hydroxylation sites is 1. The molecule has 0 saturated heterocycles. The van der Waals surface area contributed by atoms with Crippen molar-refractivity contribution in [3.8, 4) is 5.75 Å². The van der Waals surface area contributed by atoms with E-state index in [1.807, 2.05) is 18.3 Å². The number of hydrogen-bond acceptors (Lipinski definition) is 5. The zero-order valence-corrected chi connectivity index (χ0v) is 15.1. The predicted octanol–water partition coefficient (Wildman–Crippen LogP) is 3.04. The predicted molar refractivity (Wildman–Crippen MR) is 104 cm³/mol. The Labute approximate surface area is 157 Å². The second-order valence-electron chi connectivity index (χ2n) is 6.59. The maximum Gasteiger partial charge on any atom is 0.269 e. The van der Waals surface area contributed by atoms with Crippen LogP contribution in [0.4, 0.5) is 5.69 Å². The number of H-pyrrole nitrogens is 1. The molecule has 0 radical (unpaired) electrons. The number of aromatic amines is 1. The fourth-order valence-electron chi connectivity index (χ4n) is 2.96. The molecule has 0 fully saturated rings. The van der Waals surface area contributed by atoms with E-state index in [2.05, 4.69) is 29.4 Å². The Morgan fingerprint density at radius 3 is 2.70 bits per heavy atom. The second kappa shape index (κ2) is 8.66. The van der Waals surface area contributed by atoms with Gasteiger partial charge in [0.15, 0.2) is 0 Å². The first-order valence-corrected chi connectivity index (χ1v) is 8.86. The smallest absolute Gasteiger partial charge is 0.269 e. The molecule has 2 atom stereocenters. The maximum atomic E-state index is 10.6. The number of rotatable bonds is 9. The minimum Gasteiger partial charge on any atom is -0.491 e. The third kappa shape index (κ3) is 5.06. The molecule has 0 aliphatic carbocycles. The van der Waals surface area contributed by atoms with Gasteiger partial charge in [-0.25, -0.2) is 0 Å². The average Bonchev–Trinajstić information content (AvgIpc) is 3.08. The summed E-state index contributed by atoms with van der Waals surface area (Å²) in [6, 6.07) is 14.2. The van der Waals surface area contributed by atoms with Crippen molar-refractivity contribution >= 4 is 16.6 Å². The van der Waals surface area contributed by atoms with Crippen LogP contribution < -0.4 is 10.1 Å². The molecule has 1 heterocycles. The Morgan fingerprint density at radius 2 is 1.96 bits per heavy atom. The van der Waals surface area contributed by atoms with Crippen LogP contribution in [0.5, 0.6) is 5.75 Å². The quantitative estimate of drug-likeness (QED) is 0.398. The lowest BCUT2D eigenvalue weighted by atomic mass is 10.1. The largest absolute Gasteiger partial charge is 0.491 e. The molecule has 0 bridgehead atoms. The van der Waals surface area contributed by atoms with Gasteiger partial charge in [-0.05, 0) is 37.1 Å². The van der Waals surface area contributed by atoms with E-state index in [4.69, 9.17) is 4.74 Å². The highest BCUT2D eigenvalue weighted by atomic mass is 16.6. The molecule has 0 aliphatic heterocycles. The fourth-order valence-corrected chi connectivity index (χ4v) is 2.96. The minimum absolute atomic E-state index is 0.00988. The maximum absolute atomic E-state index is 10.6. The van der Waals surface area contributed by atoms with Gasteiger partial charge in [-0.3, -0.25) is 10.1 Å². The van der Waals surface area contributed by atoms with Crippen molar-refractivity contribution in [1.82, 2.24) is 10.3 Å². The van der Waals surface area contributed by atoms with Gasteiger partial charge in [-0.1, -0.05) is 18.2 Å². The van der Waals surface area contributed by atoms with Crippen molar-refractivity contribution in [3.05, 3.63) is 70.4 Å². The molecule has 0 saturated carbocycles. The standard InChI is InChI=1S/C20H23N3O4/c1-14(10-15-11-22-20-5-3-2-4-19(15)20)21-12-17(24)13-27-18-8-6-16(7-9-18)23(25)26/h2-9,11,14,17,21-22,24H,10,12-13H2,1H3/t14-,17-/m0/s1. The number of nitrogens with zero attached hydrogens (tertiary/aromatic N) is 1. The molecule has 0 aliphatic rings. The molecule has 7 heteroatoms. The number of aromatic nitrogens is 1. The van der Waals surface area contributed by atoms with Gasteiger partial charge < -0.3 is 20.1 Å². The van der Waals surface area contributed by atoms with Crippen molar-refractivity contribution in [3.63, 3.8) is 0 Å². The summed E-state index contributed by atoms with van der Waals surface area (Å²) in [5.41, 5.74) is 2.37. The van der Waals surface area contributed by atoms with Gasteiger partial charge >= 0.3 is 0 Å². The van der Waals surface area contributed by atoms with Crippen LogP contribution in [0.15, 0.2) is 54.7 Å². The lowest BCUT2D eigenvalue weighted by molar-refractivity contribution is -0.384. The molecule has 142 valence electrons. The monoisotopic (exact) mass is 369 g/mol. The highest BCUT2D eigenvalue weighted by molar-refractivity contribution is 5.83. The van der Waals surface area contributed by atoms with Crippen LogP contribution in [0.1, 0.15) is 12.5 Å². The Hall–Kier alpha value is -2.90. The van der Waals surface area contributed by atoms with E-state index in [1.54, 1.807) is 0 Å². The van der Waals surface area contributed by atoms with Crippen molar-refractivity contribution in [2.45, 2.75) is 25.5 Å². The Morgan fingerprint density at radius 1 is 1.22 bits per heavy atom. The van der Waals surface area contributed by atoms with Crippen LogP contribution in [0.25, 0.3) is 10.9 Å². The minimum atomic E-state index is -0.675. The van der Waals surface area contributed by atoms with Gasteiger partial charge in [0.05, 0.1) is 4.92 Å². The highest BCUT2D eigenvalue weighted by Gasteiger charge is 2.11. The number of nitro groups is 1. The molecule has 0 spiro atoms. The first-order chi connectivity index (χ1) is 13.0. The molecular formula is C20H23N3O4. The summed E-state index contributed by atoms with van der Waals surface area (Å²) in [6.07, 6.45) is 2.20. The van der Waals surface area contributed by atoms with Crippen LogP contribution >= 0.6 is 0 Å². The van der Waals surface area contributed by atoms with E-state index in [9.17, 15) is 15.2 Å². The zero-order chi connectivity index (χ0) is 19.2. The van der Waals surface area contributed by atoms with Crippen LogP contribution in [-0.2, 0) is 6.42 Å². The molecule has 3 N–H and O–H groups in total. The first-order valence-electron chi connectivity index (χ1n) is 8.86. The summed E-state index contributed by atoms with van der Waals surface area (Å²) in [5.74, 6) is 0.492. The molecule has 0 amide bonds. The second-order valence-corrected chi connectivity index (χ2v) is 6.59. The zero-order valence-electron chi connectivity index (χ0n) is 15.1. The number of aliphatic hydroxyl groups is 1. The van der Waals surface area contributed by atoms with Crippen LogP contribution in [-0.4, -0.2) is 40.3 Å². The molecule has 3 rings (SSSR count). The molecular weight excluding hydrogens is 346 g/mol. The summed E-state index contributed by atoms with van der Waals surface area (Å²) >= 11 is 0. The molecule has 7 nitrogen and oxygen atoms in total. The SMILES string of the molecule is C[C@@H](Cc1c[nH]c2ccccc12)NC[C@H](O)COc1ccc([N+](=O)[O-])cc1. The van der Waals surface area contributed by atoms with E-state index in [0.29, 0.717) is 12.3 Å². The number of fused-ring (bicyclic) bond motifs is 1. The van der Waals surface area contributed by atoms with Crippen molar-refractivity contribution in [2.24, 2.45) is 0 Å². The van der Waals surface area contributed by atoms with E-state index >= 15 is 0 Å². The van der Waals surface area contributed by atoms with Crippen LogP contribution in [0.2, 0.25) is 0 Å². The molecule has 1 aromatic heterocycles. The number of non-ortho nitro benzene ring substituents is 1. The average molecular weight is 369 g/mol. The molecule has 2 aromatic carbocycles. The van der Waals surface area contributed by atoms with Gasteiger partial charge in [0.2, 0.25) is 0 Å². The highest BCUT2D eigenvalue weighted by Crippen LogP contribution is 2.19. The number of benzene rings is 2.